The first kappa shape index (κ1) is 19.1. The lowest BCUT2D eigenvalue weighted by atomic mass is 10.0. The Kier molecular flexibility index (Phi) is 5.93. The number of likely N-dealkylation sites (tertiary alicyclic amines) is 1. The highest BCUT2D eigenvalue weighted by molar-refractivity contribution is 5.95. The lowest BCUT2D eigenvalue weighted by molar-refractivity contribution is 0.0708. The molecular formula is C19H30N4O2. The molecule has 6 nitrogen and oxygen atoms in total. The lowest BCUT2D eigenvalue weighted by Crippen LogP contribution is -2.52. The quantitative estimate of drug-likeness (QED) is 0.884. The van der Waals surface area contributed by atoms with E-state index in [1.54, 1.807) is 0 Å². The van der Waals surface area contributed by atoms with Gasteiger partial charge in [0.25, 0.3) is 5.91 Å². The van der Waals surface area contributed by atoms with Crippen molar-refractivity contribution >= 4 is 17.6 Å². The summed E-state index contributed by atoms with van der Waals surface area (Å²) in [5.74, 6) is 0.0568. The van der Waals surface area contributed by atoms with Crippen LogP contribution in [0.2, 0.25) is 0 Å². The zero-order chi connectivity index (χ0) is 18.6. The number of anilines is 1. The van der Waals surface area contributed by atoms with Crippen molar-refractivity contribution in [2.45, 2.75) is 45.2 Å². The first-order valence-corrected chi connectivity index (χ1v) is 8.81. The second kappa shape index (κ2) is 7.76. The Balaban J connectivity index is 1.88. The molecule has 0 unspecified atom stereocenters. The number of nitrogens with zero attached hydrogens (tertiary/aromatic N) is 2. The molecule has 2 N–H and O–H groups in total. The molecule has 0 atom stereocenters. The number of piperidine rings is 1. The van der Waals surface area contributed by atoms with E-state index in [0.717, 1.165) is 18.5 Å². The first-order valence-electron chi connectivity index (χ1n) is 8.81. The van der Waals surface area contributed by atoms with Crippen LogP contribution in [0.25, 0.3) is 0 Å². The van der Waals surface area contributed by atoms with Gasteiger partial charge in [-0.2, -0.15) is 0 Å². The summed E-state index contributed by atoms with van der Waals surface area (Å²) in [5, 5.41) is 5.91. The predicted octanol–water partition coefficient (Wildman–Crippen LogP) is 2.45. The van der Waals surface area contributed by atoms with Gasteiger partial charge in [0, 0.05) is 50.0 Å². The van der Waals surface area contributed by atoms with Gasteiger partial charge in [-0.1, -0.05) is 6.07 Å². The SMILES string of the molecule is CN(C)c1cccc(C(=O)N2CCC(NC(=O)NC(C)(C)C)CC2)c1. The van der Waals surface area contributed by atoms with Crippen molar-refractivity contribution in [1.29, 1.82) is 0 Å². The molecule has 1 aliphatic rings. The zero-order valence-corrected chi connectivity index (χ0v) is 15.9. The topological polar surface area (TPSA) is 64.7 Å². The maximum atomic E-state index is 12.7. The van der Waals surface area contributed by atoms with E-state index in [2.05, 4.69) is 10.6 Å². The fourth-order valence-electron chi connectivity index (χ4n) is 2.89. The summed E-state index contributed by atoms with van der Waals surface area (Å²) in [6.07, 6.45) is 1.55. The van der Waals surface area contributed by atoms with E-state index in [4.69, 9.17) is 0 Å². The minimum absolute atomic E-state index is 0.0568. The maximum Gasteiger partial charge on any atom is 0.315 e. The third kappa shape index (κ3) is 5.66. The standard InChI is InChI=1S/C19H30N4O2/c1-19(2,3)21-18(25)20-15-9-11-23(12-10-15)17(24)14-7-6-8-16(13-14)22(4)5/h6-8,13,15H,9-12H2,1-5H3,(H2,20,21,25). The van der Waals surface area contributed by atoms with Crippen LogP contribution in [0.4, 0.5) is 10.5 Å². The number of hydrogen-bond acceptors (Lipinski definition) is 3. The van der Waals surface area contributed by atoms with Gasteiger partial charge in [0.05, 0.1) is 0 Å². The van der Waals surface area contributed by atoms with E-state index < -0.39 is 0 Å². The van der Waals surface area contributed by atoms with Crippen molar-refractivity contribution in [3.05, 3.63) is 29.8 Å². The fourth-order valence-corrected chi connectivity index (χ4v) is 2.89. The molecule has 1 aromatic rings. The molecule has 1 aliphatic heterocycles. The molecule has 0 spiro atoms. The highest BCUT2D eigenvalue weighted by Crippen LogP contribution is 2.18. The van der Waals surface area contributed by atoms with E-state index in [0.29, 0.717) is 18.7 Å². The first-order chi connectivity index (χ1) is 11.7. The molecule has 6 heteroatoms. The van der Waals surface area contributed by atoms with E-state index in [1.165, 1.54) is 0 Å². The van der Waals surface area contributed by atoms with Crippen LogP contribution in [0.15, 0.2) is 24.3 Å². The molecule has 25 heavy (non-hydrogen) atoms. The van der Waals surface area contributed by atoms with Crippen LogP contribution in [0.3, 0.4) is 0 Å². The molecule has 1 aromatic carbocycles. The van der Waals surface area contributed by atoms with Crippen LogP contribution < -0.4 is 15.5 Å². The van der Waals surface area contributed by atoms with Crippen LogP contribution >= 0.6 is 0 Å². The summed E-state index contributed by atoms with van der Waals surface area (Å²) in [6.45, 7) is 7.18. The summed E-state index contributed by atoms with van der Waals surface area (Å²) in [5.41, 5.74) is 1.47. The molecule has 3 amide bonds. The molecule has 0 bridgehead atoms. The number of benzene rings is 1. The largest absolute Gasteiger partial charge is 0.378 e. The fraction of sp³-hybridized carbons (Fsp3) is 0.579. The van der Waals surface area contributed by atoms with Crippen molar-refractivity contribution < 1.29 is 9.59 Å². The maximum absolute atomic E-state index is 12.7. The van der Waals surface area contributed by atoms with E-state index in [-0.39, 0.29) is 23.5 Å². The van der Waals surface area contributed by atoms with Gasteiger partial charge in [-0.3, -0.25) is 4.79 Å². The number of urea groups is 1. The Morgan fingerprint density at radius 3 is 2.36 bits per heavy atom. The summed E-state index contributed by atoms with van der Waals surface area (Å²) < 4.78 is 0. The molecule has 0 saturated carbocycles. The third-order valence-electron chi connectivity index (χ3n) is 4.22. The summed E-state index contributed by atoms with van der Waals surface area (Å²) in [4.78, 5) is 28.5. The Morgan fingerprint density at radius 2 is 1.80 bits per heavy atom. The number of amides is 3. The number of carbonyl (C=O) groups is 2. The average molecular weight is 346 g/mol. The van der Waals surface area contributed by atoms with Gasteiger partial charge in [-0.15, -0.1) is 0 Å². The van der Waals surface area contributed by atoms with E-state index in [1.807, 2.05) is 68.9 Å². The van der Waals surface area contributed by atoms with Crippen LogP contribution in [-0.4, -0.2) is 55.6 Å². The van der Waals surface area contributed by atoms with Crippen LogP contribution in [-0.2, 0) is 0 Å². The zero-order valence-electron chi connectivity index (χ0n) is 15.9. The molecule has 1 heterocycles. The molecule has 0 radical (unpaired) electrons. The van der Waals surface area contributed by atoms with Gasteiger partial charge in [0.1, 0.15) is 0 Å². The highest BCUT2D eigenvalue weighted by Gasteiger charge is 2.25. The minimum Gasteiger partial charge on any atom is -0.378 e. The lowest BCUT2D eigenvalue weighted by Gasteiger charge is -2.33. The molecule has 1 saturated heterocycles. The third-order valence-corrected chi connectivity index (χ3v) is 4.22. The highest BCUT2D eigenvalue weighted by atomic mass is 16.2. The number of rotatable bonds is 3. The number of carbonyl (C=O) groups excluding carboxylic acids is 2. The normalized spacial score (nSPS) is 15.6. The number of hydrogen-bond donors (Lipinski definition) is 2. The molecule has 0 aromatic heterocycles. The van der Waals surface area contributed by atoms with Gasteiger partial charge in [-0.25, -0.2) is 4.79 Å². The summed E-state index contributed by atoms with van der Waals surface area (Å²) >= 11 is 0. The monoisotopic (exact) mass is 346 g/mol. The van der Waals surface area contributed by atoms with Gasteiger partial charge >= 0.3 is 6.03 Å². The minimum atomic E-state index is -0.252. The van der Waals surface area contributed by atoms with Crippen molar-refractivity contribution in [2.24, 2.45) is 0 Å². The van der Waals surface area contributed by atoms with E-state index >= 15 is 0 Å². The van der Waals surface area contributed by atoms with Gasteiger partial charge in [-0.05, 0) is 51.8 Å². The second-order valence-corrected chi connectivity index (χ2v) is 7.86. The Bertz CT molecular complexity index is 614. The van der Waals surface area contributed by atoms with E-state index in [9.17, 15) is 9.59 Å². The van der Waals surface area contributed by atoms with Crippen LogP contribution in [0, 0.1) is 0 Å². The molecule has 1 fully saturated rings. The average Bonchev–Trinajstić information content (AvgIpc) is 2.53. The van der Waals surface area contributed by atoms with Crippen molar-refractivity contribution in [3.8, 4) is 0 Å². The smallest absolute Gasteiger partial charge is 0.315 e. The van der Waals surface area contributed by atoms with Gasteiger partial charge in [0.2, 0.25) is 0 Å². The van der Waals surface area contributed by atoms with Crippen molar-refractivity contribution in [2.75, 3.05) is 32.1 Å². The van der Waals surface area contributed by atoms with Gasteiger partial charge < -0.3 is 20.4 Å². The van der Waals surface area contributed by atoms with Crippen LogP contribution in [0.1, 0.15) is 44.0 Å². The number of nitrogens with one attached hydrogen (secondary N) is 2. The second-order valence-electron chi connectivity index (χ2n) is 7.86. The van der Waals surface area contributed by atoms with Crippen molar-refractivity contribution in [1.82, 2.24) is 15.5 Å². The van der Waals surface area contributed by atoms with Gasteiger partial charge in [0.15, 0.2) is 0 Å². The Labute approximate surface area is 150 Å². The van der Waals surface area contributed by atoms with Crippen LogP contribution in [0.5, 0.6) is 0 Å². The molecular weight excluding hydrogens is 316 g/mol. The molecule has 2 rings (SSSR count). The molecule has 138 valence electrons. The summed E-state index contributed by atoms with van der Waals surface area (Å²) in [7, 11) is 3.92. The summed E-state index contributed by atoms with van der Waals surface area (Å²) in [6, 6.07) is 7.64. The van der Waals surface area contributed by atoms with Crippen molar-refractivity contribution in [3.63, 3.8) is 0 Å². The molecule has 0 aliphatic carbocycles. The Hall–Kier alpha value is -2.24. The predicted molar refractivity (Wildman–Crippen MR) is 101 cm³/mol. The Morgan fingerprint density at radius 1 is 1.16 bits per heavy atom.